The van der Waals surface area contributed by atoms with Gasteiger partial charge in [0.25, 0.3) is 5.91 Å². The van der Waals surface area contributed by atoms with Gasteiger partial charge < -0.3 is 10.6 Å². The maximum atomic E-state index is 12.7. The minimum atomic E-state index is -2.75. The number of nitrogens with one attached hydrogen (secondary N) is 1. The van der Waals surface area contributed by atoms with Crippen molar-refractivity contribution >= 4 is 23.4 Å². The van der Waals surface area contributed by atoms with Crippen LogP contribution in [0.5, 0.6) is 0 Å². The molecule has 6 heteroatoms. The van der Waals surface area contributed by atoms with Crippen LogP contribution in [0.4, 0.5) is 5.69 Å². The van der Waals surface area contributed by atoms with Crippen molar-refractivity contribution in [1.29, 1.82) is 0 Å². The smallest absolute Gasteiger partial charge is 0.255 e. The van der Waals surface area contributed by atoms with Gasteiger partial charge in [0.15, 0.2) is 0 Å². The van der Waals surface area contributed by atoms with Crippen LogP contribution in [-0.4, -0.2) is 28.6 Å². The molecule has 1 fully saturated rings. The Morgan fingerprint density at radius 2 is 2.26 bits per heavy atom. The number of nitrogens with zero attached hydrogens (tertiary/aromatic N) is 1. The molecule has 2 aliphatic heterocycles. The van der Waals surface area contributed by atoms with E-state index in [1.807, 2.05) is 5.32 Å². The molecule has 0 radical (unpaired) electrons. The number of amides is 3. The van der Waals surface area contributed by atoms with E-state index in [1.165, 1.54) is 0 Å². The summed E-state index contributed by atoms with van der Waals surface area (Å²) in [5.41, 5.74) is 5.19. The highest BCUT2D eigenvalue weighted by atomic mass is 16.2. The molecule has 3 amide bonds. The molecule has 6 nitrogen and oxygen atoms in total. The lowest BCUT2D eigenvalue weighted by molar-refractivity contribution is -0.136. The van der Waals surface area contributed by atoms with Crippen LogP contribution in [0.2, 0.25) is 0 Å². The average molecular weight is 265 g/mol. The molecule has 3 rings (SSSR count). The fourth-order valence-electron chi connectivity index (χ4n) is 2.03. The van der Waals surface area contributed by atoms with Gasteiger partial charge in [0.2, 0.25) is 11.8 Å². The Hall–Kier alpha value is -2.37. The third-order valence-corrected chi connectivity index (χ3v) is 2.94. The molecular formula is C13H13N3O3. The molecule has 0 spiro atoms. The Bertz CT molecular complexity index is 858. The first-order valence-corrected chi connectivity index (χ1v) is 5.48. The van der Waals surface area contributed by atoms with Crippen molar-refractivity contribution in [2.24, 2.45) is 0 Å². The number of imide groups is 1. The van der Waals surface area contributed by atoms with Gasteiger partial charge in [-0.1, -0.05) is 6.04 Å². The second kappa shape index (κ2) is 4.08. The van der Waals surface area contributed by atoms with Gasteiger partial charge >= 0.3 is 0 Å². The van der Waals surface area contributed by atoms with Crippen LogP contribution >= 0.6 is 0 Å². The van der Waals surface area contributed by atoms with Crippen LogP contribution in [0.25, 0.3) is 0 Å². The summed E-state index contributed by atoms with van der Waals surface area (Å²) in [6.07, 6.45) is -3.46. The van der Waals surface area contributed by atoms with Gasteiger partial charge in [-0.3, -0.25) is 19.7 Å². The molecule has 1 aromatic rings. The highest BCUT2D eigenvalue weighted by Crippen LogP contribution is 2.30. The lowest BCUT2D eigenvalue weighted by atomic mass is 10.0. The predicted octanol–water partition coefficient (Wildman–Crippen LogP) is 0.0298. The van der Waals surface area contributed by atoms with E-state index < -0.39 is 61.2 Å². The zero-order chi connectivity index (χ0) is 18.9. The van der Waals surface area contributed by atoms with Gasteiger partial charge in [-0.25, -0.2) is 0 Å². The number of hydrogen-bond acceptors (Lipinski definition) is 4. The number of carbonyl (C=O) groups is 3. The monoisotopic (exact) mass is 265 g/mol. The Kier molecular flexibility index (Phi) is 1.44. The lowest BCUT2D eigenvalue weighted by Gasteiger charge is -2.29. The fourth-order valence-corrected chi connectivity index (χ4v) is 2.03. The zero-order valence-corrected chi connectivity index (χ0v) is 9.66. The maximum Gasteiger partial charge on any atom is 0.255 e. The van der Waals surface area contributed by atoms with Crippen molar-refractivity contribution in [2.75, 3.05) is 5.73 Å². The minimum absolute atomic E-state index is 0.00289. The van der Waals surface area contributed by atoms with Gasteiger partial charge in [-0.2, -0.15) is 0 Å². The molecule has 3 N–H and O–H groups in total. The SMILES string of the molecule is [2H]c1c([2H])c(N)c2c(c1[2H])C(=O)N([C@]1([2H])C(=O)NC(=O)CC1([2H])[2H])C2. The van der Waals surface area contributed by atoms with Crippen LogP contribution < -0.4 is 11.1 Å². The Labute approximate surface area is 118 Å². The standard InChI is InChI=1S/C13H13N3O3/c14-9-3-1-2-7-8(9)6-16(13(7)19)10-4-5-11(17)15-12(10)18/h1-3,10H,4-6,14H2,(H,15,17,18)/t10-/m0/s1/i1D,2D,3D,4D2,10D. The summed E-state index contributed by atoms with van der Waals surface area (Å²) in [7, 11) is 0. The number of anilines is 1. The molecule has 0 saturated carbocycles. The summed E-state index contributed by atoms with van der Waals surface area (Å²) in [5.74, 6) is -3.20. The molecule has 0 bridgehead atoms. The van der Waals surface area contributed by atoms with Gasteiger partial charge in [0.1, 0.15) is 6.02 Å². The molecule has 0 aromatic heterocycles. The Morgan fingerprint density at radius 3 is 3.00 bits per heavy atom. The number of rotatable bonds is 1. The molecule has 2 heterocycles. The van der Waals surface area contributed by atoms with Crippen molar-refractivity contribution in [3.8, 4) is 0 Å². The number of nitrogens with two attached hydrogens (primary N) is 1. The molecule has 1 saturated heterocycles. The summed E-state index contributed by atoms with van der Waals surface area (Å²) in [6.45, 7) is -0.470. The molecule has 19 heavy (non-hydrogen) atoms. The van der Waals surface area contributed by atoms with E-state index in [2.05, 4.69) is 0 Å². The van der Waals surface area contributed by atoms with E-state index in [1.54, 1.807) is 0 Å². The molecular weight excluding hydrogens is 246 g/mol. The van der Waals surface area contributed by atoms with E-state index in [0.29, 0.717) is 4.90 Å². The van der Waals surface area contributed by atoms with E-state index in [-0.39, 0.29) is 16.8 Å². The second-order valence-electron chi connectivity index (χ2n) is 4.11. The number of piperidine rings is 1. The summed E-state index contributed by atoms with van der Waals surface area (Å²) in [6, 6.07) is -4.35. The fraction of sp³-hybridized carbons (Fsp3) is 0.308. The second-order valence-corrected chi connectivity index (χ2v) is 4.11. The predicted molar refractivity (Wildman–Crippen MR) is 66.9 cm³/mol. The first-order valence-electron chi connectivity index (χ1n) is 8.48. The summed E-state index contributed by atoms with van der Waals surface area (Å²) < 4.78 is 47.5. The van der Waals surface area contributed by atoms with E-state index >= 15 is 0 Å². The summed E-state index contributed by atoms with van der Waals surface area (Å²) in [4.78, 5) is 37.0. The van der Waals surface area contributed by atoms with Crippen LogP contribution in [0.3, 0.4) is 0 Å². The maximum absolute atomic E-state index is 12.7. The first-order chi connectivity index (χ1) is 11.4. The van der Waals surface area contributed by atoms with E-state index in [9.17, 15) is 14.4 Å². The highest BCUT2D eigenvalue weighted by molar-refractivity contribution is 6.06. The van der Waals surface area contributed by atoms with Crippen molar-refractivity contribution < 1.29 is 22.6 Å². The Balaban J connectivity index is 2.17. The largest absolute Gasteiger partial charge is 0.398 e. The molecule has 2 aliphatic rings. The number of nitrogen functional groups attached to an aromatic ring is 1. The number of fused-ring (bicyclic) bond motifs is 1. The van der Waals surface area contributed by atoms with Crippen molar-refractivity contribution in [2.45, 2.75) is 25.4 Å². The number of hydrogen-bond donors (Lipinski definition) is 2. The van der Waals surface area contributed by atoms with Crippen LogP contribution in [0, 0.1) is 0 Å². The van der Waals surface area contributed by atoms with Crippen LogP contribution in [0.15, 0.2) is 18.1 Å². The normalized spacial score (nSPS) is 33.5. The summed E-state index contributed by atoms with van der Waals surface area (Å²) in [5, 5.41) is 1.85. The summed E-state index contributed by atoms with van der Waals surface area (Å²) >= 11 is 0. The van der Waals surface area contributed by atoms with Crippen molar-refractivity contribution in [3.05, 3.63) is 29.3 Å². The number of benzene rings is 1. The van der Waals surface area contributed by atoms with Crippen LogP contribution in [0.1, 0.15) is 36.9 Å². The van der Waals surface area contributed by atoms with Crippen molar-refractivity contribution in [3.63, 3.8) is 0 Å². The topological polar surface area (TPSA) is 92.5 Å². The van der Waals surface area contributed by atoms with Gasteiger partial charge in [0.05, 0.1) is 5.48 Å². The lowest BCUT2D eigenvalue weighted by Crippen LogP contribution is -2.52. The average Bonchev–Trinajstić information content (AvgIpc) is 2.86. The van der Waals surface area contributed by atoms with E-state index in [4.69, 9.17) is 14.0 Å². The van der Waals surface area contributed by atoms with Crippen LogP contribution in [-0.2, 0) is 16.1 Å². The molecule has 98 valence electrons. The molecule has 0 aliphatic carbocycles. The molecule has 1 atom stereocenters. The quantitative estimate of drug-likeness (QED) is 0.553. The number of carbonyl (C=O) groups excluding carboxylic acids is 3. The molecule has 0 unspecified atom stereocenters. The highest BCUT2D eigenvalue weighted by Gasteiger charge is 2.39. The van der Waals surface area contributed by atoms with Crippen molar-refractivity contribution in [1.82, 2.24) is 10.2 Å². The third kappa shape index (κ3) is 1.76. The van der Waals surface area contributed by atoms with Gasteiger partial charge in [-0.05, 0) is 18.5 Å². The van der Waals surface area contributed by atoms with Gasteiger partial charge in [-0.15, -0.1) is 0 Å². The third-order valence-electron chi connectivity index (χ3n) is 2.94. The van der Waals surface area contributed by atoms with E-state index in [0.717, 1.165) is 0 Å². The molecule has 1 aromatic carbocycles. The minimum Gasteiger partial charge on any atom is -0.398 e. The zero-order valence-electron chi connectivity index (χ0n) is 15.7. The van der Waals surface area contributed by atoms with Gasteiger partial charge in [0, 0.05) is 32.5 Å². The Morgan fingerprint density at radius 1 is 1.47 bits per heavy atom. The first kappa shape index (κ1) is 6.70.